The molecule has 17 heavy (non-hydrogen) atoms. The van der Waals surface area contributed by atoms with E-state index in [1.165, 1.54) is 25.7 Å². The second-order valence-electron chi connectivity index (χ2n) is 6.33. The Morgan fingerprint density at radius 3 is 2.71 bits per heavy atom. The molecule has 3 N–H and O–H groups in total. The summed E-state index contributed by atoms with van der Waals surface area (Å²) in [6, 6.07) is 0.720. The van der Waals surface area contributed by atoms with Gasteiger partial charge in [-0.3, -0.25) is 0 Å². The maximum Gasteiger partial charge on any atom is 0.0613 e. The van der Waals surface area contributed by atoms with E-state index in [1.807, 2.05) is 0 Å². The third-order valence-electron chi connectivity index (χ3n) is 5.13. The van der Waals surface area contributed by atoms with E-state index in [0.717, 1.165) is 31.3 Å². The first-order valence-electron chi connectivity index (χ1n) is 7.17. The minimum atomic E-state index is -0.288. The summed E-state index contributed by atoms with van der Waals surface area (Å²) in [5, 5.41) is 9.43. The van der Waals surface area contributed by atoms with Crippen molar-refractivity contribution in [3.8, 4) is 0 Å². The molecule has 2 rings (SSSR count). The molecule has 3 unspecified atom stereocenters. The van der Waals surface area contributed by atoms with Gasteiger partial charge < -0.3 is 15.7 Å². The fraction of sp³-hybridized carbons (Fsp3) is 1.00. The summed E-state index contributed by atoms with van der Waals surface area (Å²) in [6.45, 7) is 3.62. The van der Waals surface area contributed by atoms with Crippen molar-refractivity contribution >= 4 is 0 Å². The van der Waals surface area contributed by atoms with Crippen molar-refractivity contribution in [2.24, 2.45) is 17.6 Å². The summed E-state index contributed by atoms with van der Waals surface area (Å²) in [6.07, 6.45) is 7.34. The molecule has 100 valence electrons. The predicted molar refractivity (Wildman–Crippen MR) is 70.8 cm³/mol. The Hall–Kier alpha value is -0.120. The van der Waals surface area contributed by atoms with Crippen LogP contribution in [0.3, 0.4) is 0 Å². The molecule has 3 atom stereocenters. The second-order valence-corrected chi connectivity index (χ2v) is 6.33. The molecule has 2 aliphatic carbocycles. The molecule has 3 nitrogen and oxygen atoms in total. The fourth-order valence-corrected chi connectivity index (χ4v) is 3.31. The fourth-order valence-electron chi connectivity index (χ4n) is 3.31. The molecule has 0 aromatic heterocycles. The highest BCUT2D eigenvalue weighted by molar-refractivity contribution is 4.96. The SMILES string of the molecule is CC(C1CC1)N(C)CCC1CCCC1(N)CO. The van der Waals surface area contributed by atoms with Gasteiger partial charge in [0.25, 0.3) is 0 Å². The number of aliphatic hydroxyl groups excluding tert-OH is 1. The lowest BCUT2D eigenvalue weighted by Crippen LogP contribution is -2.48. The third-order valence-corrected chi connectivity index (χ3v) is 5.13. The predicted octanol–water partition coefficient (Wildman–Crippen LogP) is 1.60. The third kappa shape index (κ3) is 3.01. The smallest absolute Gasteiger partial charge is 0.0613 e. The highest BCUT2D eigenvalue weighted by Crippen LogP contribution is 2.37. The first-order chi connectivity index (χ1) is 8.07. The second kappa shape index (κ2) is 5.25. The lowest BCUT2D eigenvalue weighted by molar-refractivity contribution is 0.139. The summed E-state index contributed by atoms with van der Waals surface area (Å²) in [7, 11) is 2.23. The molecule has 0 heterocycles. The van der Waals surface area contributed by atoms with E-state index in [1.54, 1.807) is 0 Å². The Morgan fingerprint density at radius 2 is 2.12 bits per heavy atom. The summed E-state index contributed by atoms with van der Waals surface area (Å²) in [5.74, 6) is 1.45. The van der Waals surface area contributed by atoms with Crippen molar-refractivity contribution in [1.82, 2.24) is 4.90 Å². The van der Waals surface area contributed by atoms with Crippen LogP contribution in [0.15, 0.2) is 0 Å². The minimum Gasteiger partial charge on any atom is -0.394 e. The van der Waals surface area contributed by atoms with Gasteiger partial charge in [-0.15, -0.1) is 0 Å². The van der Waals surface area contributed by atoms with Crippen molar-refractivity contribution in [3.63, 3.8) is 0 Å². The topological polar surface area (TPSA) is 49.5 Å². The van der Waals surface area contributed by atoms with Gasteiger partial charge in [0.1, 0.15) is 0 Å². The molecule has 2 saturated carbocycles. The summed E-state index contributed by atoms with van der Waals surface area (Å²) in [5.41, 5.74) is 5.98. The van der Waals surface area contributed by atoms with E-state index in [2.05, 4.69) is 18.9 Å². The zero-order valence-corrected chi connectivity index (χ0v) is 11.4. The zero-order chi connectivity index (χ0) is 12.5. The lowest BCUT2D eigenvalue weighted by atomic mass is 9.86. The van der Waals surface area contributed by atoms with Crippen LogP contribution in [0.2, 0.25) is 0 Å². The van der Waals surface area contributed by atoms with Crippen molar-refractivity contribution in [2.75, 3.05) is 20.2 Å². The van der Waals surface area contributed by atoms with Crippen LogP contribution in [-0.4, -0.2) is 41.8 Å². The van der Waals surface area contributed by atoms with Gasteiger partial charge in [0, 0.05) is 11.6 Å². The average molecular weight is 240 g/mol. The van der Waals surface area contributed by atoms with Gasteiger partial charge in [-0.2, -0.15) is 0 Å². The van der Waals surface area contributed by atoms with Gasteiger partial charge >= 0.3 is 0 Å². The quantitative estimate of drug-likeness (QED) is 0.741. The Bertz CT molecular complexity index is 255. The molecule has 2 aliphatic rings. The largest absolute Gasteiger partial charge is 0.394 e. The number of hydrogen-bond donors (Lipinski definition) is 2. The van der Waals surface area contributed by atoms with Gasteiger partial charge in [0.05, 0.1) is 6.61 Å². The lowest BCUT2D eigenvalue weighted by Gasteiger charge is -2.32. The van der Waals surface area contributed by atoms with Crippen molar-refractivity contribution in [1.29, 1.82) is 0 Å². The monoisotopic (exact) mass is 240 g/mol. The Labute approximate surface area is 105 Å². The van der Waals surface area contributed by atoms with E-state index in [9.17, 15) is 5.11 Å². The van der Waals surface area contributed by atoms with E-state index >= 15 is 0 Å². The van der Waals surface area contributed by atoms with Crippen LogP contribution < -0.4 is 5.73 Å². The van der Waals surface area contributed by atoms with Crippen LogP contribution in [0, 0.1) is 11.8 Å². The average Bonchev–Trinajstić information content (AvgIpc) is 3.10. The molecule has 0 amide bonds. The molecule has 0 radical (unpaired) electrons. The molecule has 3 heteroatoms. The van der Waals surface area contributed by atoms with Gasteiger partial charge in [-0.25, -0.2) is 0 Å². The molecule has 2 fully saturated rings. The Morgan fingerprint density at radius 1 is 1.41 bits per heavy atom. The number of nitrogens with zero attached hydrogens (tertiary/aromatic N) is 1. The Balaban J connectivity index is 1.77. The van der Waals surface area contributed by atoms with Crippen LogP contribution >= 0.6 is 0 Å². The molecule has 0 spiro atoms. The molecule has 0 aromatic carbocycles. The summed E-state index contributed by atoms with van der Waals surface area (Å²) in [4.78, 5) is 2.48. The highest BCUT2D eigenvalue weighted by atomic mass is 16.3. The maximum absolute atomic E-state index is 9.43. The van der Waals surface area contributed by atoms with E-state index in [4.69, 9.17) is 5.73 Å². The number of rotatable bonds is 6. The van der Waals surface area contributed by atoms with Crippen LogP contribution in [0.1, 0.15) is 45.4 Å². The van der Waals surface area contributed by atoms with E-state index in [0.29, 0.717) is 5.92 Å². The van der Waals surface area contributed by atoms with Gasteiger partial charge in [-0.05, 0) is 64.5 Å². The first-order valence-corrected chi connectivity index (χ1v) is 7.17. The number of aliphatic hydroxyl groups is 1. The van der Waals surface area contributed by atoms with Crippen molar-refractivity contribution in [3.05, 3.63) is 0 Å². The summed E-state index contributed by atoms with van der Waals surface area (Å²) >= 11 is 0. The Kier molecular flexibility index (Phi) is 4.11. The number of hydrogen-bond acceptors (Lipinski definition) is 3. The summed E-state index contributed by atoms with van der Waals surface area (Å²) < 4.78 is 0. The number of nitrogens with two attached hydrogens (primary N) is 1. The zero-order valence-electron chi connectivity index (χ0n) is 11.4. The minimum absolute atomic E-state index is 0.152. The molecule has 0 saturated heterocycles. The van der Waals surface area contributed by atoms with E-state index in [-0.39, 0.29) is 12.1 Å². The van der Waals surface area contributed by atoms with Crippen molar-refractivity contribution in [2.45, 2.75) is 57.0 Å². The van der Waals surface area contributed by atoms with Crippen molar-refractivity contribution < 1.29 is 5.11 Å². The standard InChI is InChI=1S/C14H28N2O/c1-11(12-5-6-12)16(2)9-7-13-4-3-8-14(13,15)10-17/h11-13,17H,3-10,15H2,1-2H3. The van der Waals surface area contributed by atoms with Crippen LogP contribution in [0.25, 0.3) is 0 Å². The van der Waals surface area contributed by atoms with Crippen LogP contribution in [0.5, 0.6) is 0 Å². The molecular weight excluding hydrogens is 212 g/mol. The molecular formula is C14H28N2O. The van der Waals surface area contributed by atoms with Gasteiger partial charge in [-0.1, -0.05) is 6.42 Å². The molecule has 0 aromatic rings. The van der Waals surface area contributed by atoms with Crippen LogP contribution in [-0.2, 0) is 0 Å². The molecule has 0 bridgehead atoms. The normalized spacial score (nSPS) is 35.5. The van der Waals surface area contributed by atoms with Crippen LogP contribution in [0.4, 0.5) is 0 Å². The highest BCUT2D eigenvalue weighted by Gasteiger charge is 2.39. The van der Waals surface area contributed by atoms with Gasteiger partial charge in [0.15, 0.2) is 0 Å². The van der Waals surface area contributed by atoms with E-state index < -0.39 is 0 Å². The first kappa shape index (κ1) is 13.3. The maximum atomic E-state index is 9.43. The molecule has 0 aliphatic heterocycles. The van der Waals surface area contributed by atoms with Gasteiger partial charge in [0.2, 0.25) is 0 Å².